The third-order valence-electron chi connectivity index (χ3n) is 2.08. The van der Waals surface area contributed by atoms with Crippen molar-refractivity contribution in [3.63, 3.8) is 0 Å². The Morgan fingerprint density at radius 1 is 1.39 bits per heavy atom. The molecule has 0 heterocycles. The van der Waals surface area contributed by atoms with Gasteiger partial charge in [-0.25, -0.2) is 4.79 Å². The van der Waals surface area contributed by atoms with Gasteiger partial charge in [0.2, 0.25) is 11.8 Å². The zero-order valence-corrected chi connectivity index (χ0v) is 10.3. The van der Waals surface area contributed by atoms with Crippen molar-refractivity contribution in [1.82, 2.24) is 10.6 Å². The first-order valence-electron chi connectivity index (χ1n) is 5.47. The molecule has 1 unspecified atom stereocenters. The maximum atomic E-state index is 11.4. The second-order valence-electron chi connectivity index (χ2n) is 3.63. The normalized spacial score (nSPS) is 11.8. The molecule has 0 aromatic rings. The Hall–Kier alpha value is -1.67. The Labute approximate surface area is 105 Å². The summed E-state index contributed by atoms with van der Waals surface area (Å²) in [6.45, 7) is 0.934. The number of hydrogen-bond donors (Lipinski definition) is 4. The van der Waals surface area contributed by atoms with E-state index in [1.54, 1.807) is 0 Å². The predicted molar refractivity (Wildman–Crippen MR) is 62.7 cm³/mol. The summed E-state index contributed by atoms with van der Waals surface area (Å²) in [4.78, 5) is 32.7. The number of carboxylic acids is 1. The van der Waals surface area contributed by atoms with Gasteiger partial charge in [-0.2, -0.15) is 0 Å². The number of hydrogen-bond acceptors (Lipinski definition) is 5. The van der Waals surface area contributed by atoms with Crippen LogP contribution < -0.4 is 16.4 Å². The van der Waals surface area contributed by atoms with Crippen molar-refractivity contribution in [2.75, 3.05) is 26.8 Å². The Kier molecular flexibility index (Phi) is 8.50. The van der Waals surface area contributed by atoms with Crippen molar-refractivity contribution < 1.29 is 24.2 Å². The summed E-state index contributed by atoms with van der Waals surface area (Å²) in [5.74, 6) is -2.25. The van der Waals surface area contributed by atoms with E-state index in [2.05, 4.69) is 10.6 Å². The van der Waals surface area contributed by atoms with Gasteiger partial charge < -0.3 is 26.2 Å². The van der Waals surface area contributed by atoms with Crippen molar-refractivity contribution in [3.8, 4) is 0 Å². The van der Waals surface area contributed by atoms with Crippen LogP contribution in [-0.4, -0.2) is 55.7 Å². The van der Waals surface area contributed by atoms with Gasteiger partial charge in [0, 0.05) is 20.1 Å². The Morgan fingerprint density at radius 3 is 2.56 bits per heavy atom. The van der Waals surface area contributed by atoms with Crippen LogP contribution in [0.3, 0.4) is 0 Å². The molecule has 1 atom stereocenters. The van der Waals surface area contributed by atoms with Gasteiger partial charge in [-0.15, -0.1) is 0 Å². The van der Waals surface area contributed by atoms with Crippen molar-refractivity contribution in [2.45, 2.75) is 18.9 Å². The molecule has 0 bridgehead atoms. The Bertz CT molecular complexity index is 295. The third-order valence-corrected chi connectivity index (χ3v) is 2.08. The van der Waals surface area contributed by atoms with Gasteiger partial charge in [-0.3, -0.25) is 9.59 Å². The van der Waals surface area contributed by atoms with Gasteiger partial charge in [0.05, 0.1) is 13.2 Å². The quantitative estimate of drug-likeness (QED) is 0.338. The number of carbonyl (C=O) groups is 3. The lowest BCUT2D eigenvalue weighted by molar-refractivity contribution is -0.142. The number of aliphatic carboxylic acids is 1. The van der Waals surface area contributed by atoms with Crippen LogP contribution in [-0.2, 0) is 19.1 Å². The summed E-state index contributed by atoms with van der Waals surface area (Å²) in [6.07, 6.45) is -0.108. The van der Waals surface area contributed by atoms with E-state index in [4.69, 9.17) is 15.6 Å². The lowest BCUT2D eigenvalue weighted by atomic mass is 10.1. The van der Waals surface area contributed by atoms with Crippen molar-refractivity contribution >= 4 is 17.8 Å². The molecule has 0 spiro atoms. The highest BCUT2D eigenvalue weighted by molar-refractivity contribution is 5.85. The minimum absolute atomic E-state index is 0.0102. The number of primary amides is 1. The standard InChI is InChI=1S/C10H19N3O5/c1-18-5-4-12-6-9(15)13-7(10(16)17)2-3-8(11)14/h7,12H,2-6H2,1H3,(H2,11,14)(H,13,15)(H,16,17). The molecule has 8 nitrogen and oxygen atoms in total. The predicted octanol–water partition coefficient (Wildman–Crippen LogP) is -1.94. The van der Waals surface area contributed by atoms with E-state index < -0.39 is 23.8 Å². The van der Waals surface area contributed by atoms with Gasteiger partial charge in [-0.05, 0) is 6.42 Å². The fourth-order valence-electron chi connectivity index (χ4n) is 1.17. The average Bonchev–Trinajstić information content (AvgIpc) is 2.29. The van der Waals surface area contributed by atoms with Crippen LogP contribution in [0.1, 0.15) is 12.8 Å². The van der Waals surface area contributed by atoms with E-state index in [0.29, 0.717) is 13.2 Å². The molecular formula is C10H19N3O5. The monoisotopic (exact) mass is 261 g/mol. The Morgan fingerprint density at radius 2 is 2.06 bits per heavy atom. The van der Waals surface area contributed by atoms with Crippen LogP contribution in [0.4, 0.5) is 0 Å². The van der Waals surface area contributed by atoms with Gasteiger partial charge >= 0.3 is 5.97 Å². The second-order valence-corrected chi connectivity index (χ2v) is 3.63. The van der Waals surface area contributed by atoms with Crippen LogP contribution in [0.5, 0.6) is 0 Å². The topological polar surface area (TPSA) is 131 Å². The van der Waals surface area contributed by atoms with Gasteiger partial charge in [0.15, 0.2) is 0 Å². The van der Waals surface area contributed by atoms with Crippen LogP contribution in [0, 0.1) is 0 Å². The molecule has 0 aliphatic carbocycles. The van der Waals surface area contributed by atoms with E-state index in [0.717, 1.165) is 0 Å². The fourth-order valence-corrected chi connectivity index (χ4v) is 1.17. The number of rotatable bonds is 10. The van der Waals surface area contributed by atoms with Crippen LogP contribution in [0.2, 0.25) is 0 Å². The number of carbonyl (C=O) groups excluding carboxylic acids is 2. The molecule has 0 aromatic heterocycles. The summed E-state index contributed by atoms with van der Waals surface area (Å²) in [6, 6.07) is -1.10. The van der Waals surface area contributed by atoms with Gasteiger partial charge in [0.1, 0.15) is 6.04 Å². The number of carboxylic acid groups (broad SMARTS) is 1. The minimum atomic E-state index is -1.19. The van der Waals surface area contributed by atoms with Gasteiger partial charge in [-0.1, -0.05) is 0 Å². The molecule has 18 heavy (non-hydrogen) atoms. The molecule has 104 valence electrons. The fraction of sp³-hybridized carbons (Fsp3) is 0.700. The summed E-state index contributed by atoms with van der Waals surface area (Å²) in [5.41, 5.74) is 4.91. The van der Waals surface area contributed by atoms with E-state index >= 15 is 0 Å². The Balaban J connectivity index is 3.96. The highest BCUT2D eigenvalue weighted by Crippen LogP contribution is 1.97. The molecule has 0 saturated heterocycles. The summed E-state index contributed by atoms with van der Waals surface area (Å²) >= 11 is 0. The van der Waals surface area contributed by atoms with Crippen molar-refractivity contribution in [3.05, 3.63) is 0 Å². The molecule has 0 aliphatic rings. The third kappa shape index (κ3) is 8.48. The number of amides is 2. The molecule has 2 amide bonds. The summed E-state index contributed by atoms with van der Waals surface area (Å²) in [5, 5.41) is 13.9. The first kappa shape index (κ1) is 16.3. The highest BCUT2D eigenvalue weighted by Gasteiger charge is 2.19. The lowest BCUT2D eigenvalue weighted by Gasteiger charge is -2.13. The zero-order valence-electron chi connectivity index (χ0n) is 10.3. The minimum Gasteiger partial charge on any atom is -0.480 e. The number of nitrogens with one attached hydrogen (secondary N) is 2. The first-order chi connectivity index (χ1) is 8.47. The van der Waals surface area contributed by atoms with E-state index in [1.807, 2.05) is 0 Å². The second kappa shape index (κ2) is 9.37. The average molecular weight is 261 g/mol. The smallest absolute Gasteiger partial charge is 0.326 e. The van der Waals surface area contributed by atoms with E-state index in [-0.39, 0.29) is 19.4 Å². The van der Waals surface area contributed by atoms with E-state index in [9.17, 15) is 14.4 Å². The summed E-state index contributed by atoms with van der Waals surface area (Å²) in [7, 11) is 1.53. The molecule has 0 rings (SSSR count). The van der Waals surface area contributed by atoms with E-state index in [1.165, 1.54) is 7.11 Å². The van der Waals surface area contributed by atoms with Crippen molar-refractivity contribution in [1.29, 1.82) is 0 Å². The van der Waals surface area contributed by atoms with Crippen LogP contribution >= 0.6 is 0 Å². The summed E-state index contributed by atoms with van der Waals surface area (Å²) < 4.78 is 4.77. The SMILES string of the molecule is COCCNCC(=O)NC(CCC(N)=O)C(=O)O. The maximum absolute atomic E-state index is 11.4. The molecule has 5 N–H and O–H groups in total. The molecule has 0 aliphatic heterocycles. The molecule has 0 fully saturated rings. The highest BCUT2D eigenvalue weighted by atomic mass is 16.5. The molecule has 0 radical (unpaired) electrons. The molecule has 0 aromatic carbocycles. The number of nitrogens with two attached hydrogens (primary N) is 1. The number of methoxy groups -OCH3 is 1. The molecule has 8 heteroatoms. The van der Waals surface area contributed by atoms with Crippen LogP contribution in [0.25, 0.3) is 0 Å². The van der Waals surface area contributed by atoms with Gasteiger partial charge in [0.25, 0.3) is 0 Å². The van der Waals surface area contributed by atoms with Crippen LogP contribution in [0.15, 0.2) is 0 Å². The maximum Gasteiger partial charge on any atom is 0.326 e. The number of ether oxygens (including phenoxy) is 1. The largest absolute Gasteiger partial charge is 0.480 e. The zero-order chi connectivity index (χ0) is 14.0. The lowest BCUT2D eigenvalue weighted by Crippen LogP contribution is -2.45. The first-order valence-corrected chi connectivity index (χ1v) is 5.47. The molecule has 0 saturated carbocycles. The van der Waals surface area contributed by atoms with Crippen molar-refractivity contribution in [2.24, 2.45) is 5.73 Å². The molecular weight excluding hydrogens is 242 g/mol.